The van der Waals surface area contributed by atoms with Crippen LogP contribution in [0.15, 0.2) is 36.4 Å². The minimum absolute atomic E-state index is 0.217. The fourth-order valence-electron chi connectivity index (χ4n) is 2.00. The second-order valence-corrected chi connectivity index (χ2v) is 5.34. The van der Waals surface area contributed by atoms with E-state index < -0.39 is 0 Å². The highest BCUT2D eigenvalue weighted by molar-refractivity contribution is 6.31. The molecule has 0 heterocycles. The molecule has 21 heavy (non-hydrogen) atoms. The lowest BCUT2D eigenvalue weighted by Gasteiger charge is -2.14. The van der Waals surface area contributed by atoms with Gasteiger partial charge in [-0.1, -0.05) is 30.7 Å². The first-order valence-corrected chi connectivity index (χ1v) is 7.41. The molecule has 0 atom stereocenters. The Bertz CT molecular complexity index is 616. The SMILES string of the molecule is CCCNCc1c(Cl)cccc1Oc1cc(C)ccc1F. The quantitative estimate of drug-likeness (QED) is 0.751. The van der Waals surface area contributed by atoms with Crippen molar-refractivity contribution in [3.05, 3.63) is 58.4 Å². The summed E-state index contributed by atoms with van der Waals surface area (Å²) in [5.41, 5.74) is 1.78. The Balaban J connectivity index is 2.26. The van der Waals surface area contributed by atoms with Crippen LogP contribution < -0.4 is 10.1 Å². The fraction of sp³-hybridized carbons (Fsp3) is 0.294. The van der Waals surface area contributed by atoms with E-state index in [-0.39, 0.29) is 11.6 Å². The van der Waals surface area contributed by atoms with Crippen molar-refractivity contribution >= 4 is 11.6 Å². The Labute approximate surface area is 129 Å². The van der Waals surface area contributed by atoms with Crippen molar-refractivity contribution in [3.8, 4) is 11.5 Å². The first-order valence-electron chi connectivity index (χ1n) is 7.04. The molecule has 2 nitrogen and oxygen atoms in total. The molecule has 0 saturated heterocycles. The van der Waals surface area contributed by atoms with Crippen molar-refractivity contribution < 1.29 is 9.13 Å². The summed E-state index contributed by atoms with van der Waals surface area (Å²) in [7, 11) is 0. The summed E-state index contributed by atoms with van der Waals surface area (Å²) in [4.78, 5) is 0. The standard InChI is InChI=1S/C17H19ClFNO/c1-3-9-20-11-13-14(18)5-4-6-16(13)21-17-10-12(2)7-8-15(17)19/h4-8,10,20H,3,9,11H2,1-2H3. The Morgan fingerprint density at radius 1 is 1.19 bits per heavy atom. The van der Waals surface area contributed by atoms with E-state index in [1.54, 1.807) is 24.3 Å². The molecule has 0 amide bonds. The van der Waals surface area contributed by atoms with Crippen LogP contribution in [-0.2, 0) is 6.54 Å². The van der Waals surface area contributed by atoms with Crippen LogP contribution >= 0.6 is 11.6 Å². The van der Waals surface area contributed by atoms with Crippen molar-refractivity contribution in [1.29, 1.82) is 0 Å². The second-order valence-electron chi connectivity index (χ2n) is 4.93. The van der Waals surface area contributed by atoms with Gasteiger partial charge < -0.3 is 10.1 Å². The summed E-state index contributed by atoms with van der Waals surface area (Å²) in [6.45, 7) is 5.48. The molecule has 0 aromatic heterocycles. The van der Waals surface area contributed by atoms with Crippen LogP contribution in [0.1, 0.15) is 24.5 Å². The molecule has 2 aromatic rings. The van der Waals surface area contributed by atoms with E-state index in [9.17, 15) is 4.39 Å². The summed E-state index contributed by atoms with van der Waals surface area (Å²) in [5, 5.41) is 3.90. The summed E-state index contributed by atoms with van der Waals surface area (Å²) < 4.78 is 19.6. The van der Waals surface area contributed by atoms with Gasteiger partial charge in [-0.05, 0) is 49.7 Å². The monoisotopic (exact) mass is 307 g/mol. The Morgan fingerprint density at radius 2 is 2.00 bits per heavy atom. The minimum Gasteiger partial charge on any atom is -0.454 e. The zero-order valence-corrected chi connectivity index (χ0v) is 13.0. The first kappa shape index (κ1) is 15.8. The lowest BCUT2D eigenvalue weighted by Crippen LogP contribution is -2.14. The van der Waals surface area contributed by atoms with Crippen LogP contribution in [0, 0.1) is 12.7 Å². The highest BCUT2D eigenvalue weighted by atomic mass is 35.5. The molecular formula is C17H19ClFNO. The van der Waals surface area contributed by atoms with Gasteiger partial charge in [0.25, 0.3) is 0 Å². The van der Waals surface area contributed by atoms with Crippen LogP contribution in [0.2, 0.25) is 5.02 Å². The number of hydrogen-bond acceptors (Lipinski definition) is 2. The minimum atomic E-state index is -0.381. The van der Waals surface area contributed by atoms with E-state index in [1.807, 2.05) is 13.0 Å². The van der Waals surface area contributed by atoms with Crippen LogP contribution in [0.3, 0.4) is 0 Å². The van der Waals surface area contributed by atoms with E-state index in [0.29, 0.717) is 17.3 Å². The Morgan fingerprint density at radius 3 is 2.76 bits per heavy atom. The molecule has 0 aliphatic rings. The van der Waals surface area contributed by atoms with Crippen molar-refractivity contribution in [2.24, 2.45) is 0 Å². The highest BCUT2D eigenvalue weighted by Gasteiger charge is 2.11. The molecule has 0 bridgehead atoms. The molecule has 2 rings (SSSR count). The van der Waals surface area contributed by atoms with E-state index in [0.717, 1.165) is 24.1 Å². The maximum atomic E-state index is 13.8. The third-order valence-electron chi connectivity index (χ3n) is 3.11. The lowest BCUT2D eigenvalue weighted by molar-refractivity contribution is 0.435. The number of rotatable bonds is 6. The van der Waals surface area contributed by atoms with Gasteiger partial charge in [0.05, 0.1) is 0 Å². The smallest absolute Gasteiger partial charge is 0.165 e. The van der Waals surface area contributed by atoms with Gasteiger partial charge in [-0.25, -0.2) is 4.39 Å². The van der Waals surface area contributed by atoms with Crippen LogP contribution in [0.4, 0.5) is 4.39 Å². The number of halogens is 2. The van der Waals surface area contributed by atoms with Gasteiger partial charge in [-0.3, -0.25) is 0 Å². The zero-order valence-electron chi connectivity index (χ0n) is 12.2. The molecule has 2 aromatic carbocycles. The van der Waals surface area contributed by atoms with Crippen LogP contribution in [0.25, 0.3) is 0 Å². The summed E-state index contributed by atoms with van der Waals surface area (Å²) in [6.07, 6.45) is 1.03. The van der Waals surface area contributed by atoms with Gasteiger partial charge in [-0.2, -0.15) is 0 Å². The van der Waals surface area contributed by atoms with Crippen LogP contribution in [-0.4, -0.2) is 6.54 Å². The summed E-state index contributed by atoms with van der Waals surface area (Å²) >= 11 is 6.23. The van der Waals surface area contributed by atoms with E-state index in [4.69, 9.17) is 16.3 Å². The first-order chi connectivity index (χ1) is 10.1. The molecule has 0 spiro atoms. The molecule has 112 valence electrons. The highest BCUT2D eigenvalue weighted by Crippen LogP contribution is 2.32. The van der Waals surface area contributed by atoms with Crippen molar-refractivity contribution in [2.75, 3.05) is 6.54 Å². The van der Waals surface area contributed by atoms with Crippen LogP contribution in [0.5, 0.6) is 11.5 Å². The average molecular weight is 308 g/mol. The van der Waals surface area contributed by atoms with Gasteiger partial charge in [0.2, 0.25) is 0 Å². The zero-order chi connectivity index (χ0) is 15.2. The molecule has 0 unspecified atom stereocenters. The molecule has 0 aliphatic carbocycles. The molecule has 0 aliphatic heterocycles. The number of nitrogens with one attached hydrogen (secondary N) is 1. The number of benzene rings is 2. The van der Waals surface area contributed by atoms with Gasteiger partial charge >= 0.3 is 0 Å². The van der Waals surface area contributed by atoms with E-state index >= 15 is 0 Å². The van der Waals surface area contributed by atoms with Gasteiger partial charge in [0.15, 0.2) is 11.6 Å². The normalized spacial score (nSPS) is 10.7. The summed E-state index contributed by atoms with van der Waals surface area (Å²) in [5.74, 6) is 0.414. The van der Waals surface area contributed by atoms with E-state index in [1.165, 1.54) is 6.07 Å². The third-order valence-corrected chi connectivity index (χ3v) is 3.47. The fourth-order valence-corrected chi connectivity index (χ4v) is 2.24. The largest absolute Gasteiger partial charge is 0.454 e. The third kappa shape index (κ3) is 4.19. The average Bonchev–Trinajstić information content (AvgIpc) is 2.46. The maximum Gasteiger partial charge on any atom is 0.165 e. The molecule has 0 saturated carbocycles. The predicted octanol–water partition coefficient (Wildman–Crippen LogP) is 5.08. The number of hydrogen-bond donors (Lipinski definition) is 1. The van der Waals surface area contributed by atoms with Gasteiger partial charge in [-0.15, -0.1) is 0 Å². The van der Waals surface area contributed by atoms with Gasteiger partial charge in [0, 0.05) is 17.1 Å². The predicted molar refractivity (Wildman–Crippen MR) is 84.7 cm³/mol. The second kappa shape index (κ2) is 7.43. The van der Waals surface area contributed by atoms with Crippen molar-refractivity contribution in [3.63, 3.8) is 0 Å². The Hall–Kier alpha value is -1.58. The molecule has 1 N–H and O–H groups in total. The summed E-state index contributed by atoms with van der Waals surface area (Å²) in [6, 6.07) is 10.2. The molecular weight excluding hydrogens is 289 g/mol. The lowest BCUT2D eigenvalue weighted by atomic mass is 10.2. The van der Waals surface area contributed by atoms with Crippen molar-refractivity contribution in [2.45, 2.75) is 26.8 Å². The van der Waals surface area contributed by atoms with Gasteiger partial charge in [0.1, 0.15) is 5.75 Å². The van der Waals surface area contributed by atoms with E-state index in [2.05, 4.69) is 12.2 Å². The Kier molecular flexibility index (Phi) is 5.59. The number of ether oxygens (including phenoxy) is 1. The van der Waals surface area contributed by atoms with Crippen molar-refractivity contribution in [1.82, 2.24) is 5.32 Å². The molecule has 0 fully saturated rings. The maximum absolute atomic E-state index is 13.8. The molecule has 0 radical (unpaired) electrons. The number of aryl methyl sites for hydroxylation is 1. The molecule has 4 heteroatoms. The topological polar surface area (TPSA) is 21.3 Å².